The maximum absolute atomic E-state index is 14.1. The van der Waals surface area contributed by atoms with Gasteiger partial charge in [0.05, 0.1) is 12.6 Å². The highest BCUT2D eigenvalue weighted by molar-refractivity contribution is 5.95. The van der Waals surface area contributed by atoms with E-state index in [2.05, 4.69) is 15.7 Å². The van der Waals surface area contributed by atoms with E-state index in [9.17, 15) is 14.0 Å². The molecule has 0 saturated carbocycles. The van der Waals surface area contributed by atoms with Crippen LogP contribution in [0.1, 0.15) is 13.8 Å². The normalized spacial score (nSPS) is 12.0. The Bertz CT molecular complexity index is 715. The molecule has 0 saturated heterocycles. The second-order valence-corrected chi connectivity index (χ2v) is 5.65. The summed E-state index contributed by atoms with van der Waals surface area (Å²) in [4.78, 5) is 23.5. The molecular weight excluding hydrogens is 313 g/mol. The highest BCUT2D eigenvalue weighted by atomic mass is 19.1. The van der Waals surface area contributed by atoms with Gasteiger partial charge in [-0.15, -0.1) is 0 Å². The molecule has 7 nitrogen and oxygen atoms in total. The van der Waals surface area contributed by atoms with Crippen molar-refractivity contribution >= 4 is 17.5 Å². The number of rotatable bonds is 6. The van der Waals surface area contributed by atoms with Crippen LogP contribution >= 0.6 is 0 Å². The second kappa shape index (κ2) is 7.69. The van der Waals surface area contributed by atoms with E-state index in [0.717, 1.165) is 0 Å². The monoisotopic (exact) mass is 333 g/mol. The molecule has 128 valence electrons. The third-order valence-electron chi connectivity index (χ3n) is 3.43. The summed E-state index contributed by atoms with van der Waals surface area (Å²) in [5, 5.41) is 8.91. The summed E-state index contributed by atoms with van der Waals surface area (Å²) < 4.78 is 15.5. The van der Waals surface area contributed by atoms with Crippen molar-refractivity contribution in [2.45, 2.75) is 19.9 Å². The lowest BCUT2D eigenvalue weighted by Crippen LogP contribution is -2.46. The summed E-state index contributed by atoms with van der Waals surface area (Å²) in [5.41, 5.74) is 6.24. The Morgan fingerprint density at radius 1 is 1.38 bits per heavy atom. The highest BCUT2D eigenvalue weighted by Crippen LogP contribution is 2.17. The first-order valence-corrected chi connectivity index (χ1v) is 7.51. The van der Waals surface area contributed by atoms with E-state index in [1.807, 2.05) is 13.8 Å². The van der Waals surface area contributed by atoms with Gasteiger partial charge in [0.15, 0.2) is 5.82 Å². The maximum Gasteiger partial charge on any atom is 0.243 e. The van der Waals surface area contributed by atoms with Gasteiger partial charge in [0.2, 0.25) is 11.8 Å². The fraction of sp³-hybridized carbons (Fsp3) is 0.312. The first-order chi connectivity index (χ1) is 11.4. The van der Waals surface area contributed by atoms with Gasteiger partial charge in [-0.1, -0.05) is 13.8 Å². The van der Waals surface area contributed by atoms with Crippen molar-refractivity contribution in [3.63, 3.8) is 0 Å². The topological polar surface area (TPSA) is 102 Å². The van der Waals surface area contributed by atoms with Gasteiger partial charge in [-0.2, -0.15) is 5.10 Å². The molecule has 2 rings (SSSR count). The molecule has 2 amide bonds. The number of nitrogens with one attached hydrogen (secondary N) is 2. The first-order valence-electron chi connectivity index (χ1n) is 7.51. The van der Waals surface area contributed by atoms with Crippen LogP contribution in [0.4, 0.5) is 10.1 Å². The first kappa shape index (κ1) is 17.6. The van der Waals surface area contributed by atoms with Crippen molar-refractivity contribution in [2.24, 2.45) is 11.7 Å². The Balaban J connectivity index is 1.93. The smallest absolute Gasteiger partial charge is 0.243 e. The Morgan fingerprint density at radius 3 is 2.71 bits per heavy atom. The van der Waals surface area contributed by atoms with Crippen LogP contribution in [-0.4, -0.2) is 34.2 Å². The quantitative estimate of drug-likeness (QED) is 0.735. The molecule has 4 N–H and O–H groups in total. The minimum absolute atomic E-state index is 0.0306. The Hall–Kier alpha value is -2.74. The predicted molar refractivity (Wildman–Crippen MR) is 88.0 cm³/mol. The Morgan fingerprint density at radius 2 is 2.12 bits per heavy atom. The summed E-state index contributed by atoms with van der Waals surface area (Å²) in [6.07, 6.45) is 3.16. The van der Waals surface area contributed by atoms with Crippen molar-refractivity contribution in [1.82, 2.24) is 15.1 Å². The summed E-state index contributed by atoms with van der Waals surface area (Å²) in [5.74, 6) is -1.43. The number of nitrogens with zero attached hydrogens (tertiary/aromatic N) is 2. The lowest BCUT2D eigenvalue weighted by atomic mass is 10.1. The van der Waals surface area contributed by atoms with E-state index in [0.29, 0.717) is 0 Å². The molecule has 0 fully saturated rings. The molecule has 1 atom stereocenters. The fourth-order valence-corrected chi connectivity index (χ4v) is 1.97. The zero-order valence-corrected chi connectivity index (χ0v) is 13.5. The number of aromatic nitrogens is 2. The van der Waals surface area contributed by atoms with Crippen LogP contribution in [0.15, 0.2) is 36.7 Å². The Kier molecular flexibility index (Phi) is 5.64. The summed E-state index contributed by atoms with van der Waals surface area (Å²) in [7, 11) is 0. The minimum Gasteiger partial charge on any atom is -0.346 e. The zero-order valence-electron chi connectivity index (χ0n) is 13.5. The number of hydrogen-bond acceptors (Lipinski definition) is 4. The molecule has 0 aliphatic heterocycles. The van der Waals surface area contributed by atoms with Gasteiger partial charge < -0.3 is 16.4 Å². The number of amides is 2. The van der Waals surface area contributed by atoms with Crippen LogP contribution in [0.25, 0.3) is 5.69 Å². The molecule has 2 aromatic rings. The highest BCUT2D eigenvalue weighted by Gasteiger charge is 2.17. The SMILES string of the molecule is CC(C)[C@H](N)C(=O)NCC(=O)Nc1ccc(-n2cccn2)c(F)c1. The molecule has 1 aromatic carbocycles. The molecular formula is C16H20FN5O2. The number of carbonyl (C=O) groups excluding carboxylic acids is 2. The van der Waals surface area contributed by atoms with Crippen LogP contribution in [0.5, 0.6) is 0 Å². The van der Waals surface area contributed by atoms with Crippen LogP contribution in [-0.2, 0) is 9.59 Å². The molecule has 1 aromatic heterocycles. The average Bonchev–Trinajstić information content (AvgIpc) is 3.06. The van der Waals surface area contributed by atoms with Crippen molar-refractivity contribution in [3.8, 4) is 5.69 Å². The standard InChI is InChI=1S/C16H20FN5O2/c1-10(2)15(18)16(24)19-9-14(23)21-11-4-5-13(12(17)8-11)22-7-3-6-20-22/h3-8,10,15H,9,18H2,1-2H3,(H,19,24)(H,21,23)/t15-/m0/s1. The molecule has 0 bridgehead atoms. The van der Waals surface area contributed by atoms with Crippen molar-refractivity contribution < 1.29 is 14.0 Å². The molecule has 1 heterocycles. The van der Waals surface area contributed by atoms with Gasteiger partial charge >= 0.3 is 0 Å². The average molecular weight is 333 g/mol. The number of carbonyl (C=O) groups is 2. The molecule has 24 heavy (non-hydrogen) atoms. The van der Waals surface area contributed by atoms with Crippen LogP contribution in [0.3, 0.4) is 0 Å². The lowest BCUT2D eigenvalue weighted by molar-refractivity contribution is -0.125. The summed E-state index contributed by atoms with van der Waals surface area (Å²) >= 11 is 0. The number of benzene rings is 1. The van der Waals surface area contributed by atoms with E-state index in [-0.39, 0.29) is 23.8 Å². The molecule has 0 unspecified atom stereocenters. The van der Waals surface area contributed by atoms with Gasteiger partial charge in [-0.3, -0.25) is 9.59 Å². The van der Waals surface area contributed by atoms with Crippen LogP contribution < -0.4 is 16.4 Å². The number of nitrogens with two attached hydrogens (primary N) is 1. The minimum atomic E-state index is -0.677. The van der Waals surface area contributed by atoms with E-state index in [4.69, 9.17) is 5.73 Å². The number of anilines is 1. The number of hydrogen-bond donors (Lipinski definition) is 3. The van der Waals surface area contributed by atoms with E-state index in [1.54, 1.807) is 24.5 Å². The van der Waals surface area contributed by atoms with Crippen LogP contribution in [0.2, 0.25) is 0 Å². The van der Waals surface area contributed by atoms with Gasteiger partial charge in [-0.25, -0.2) is 9.07 Å². The maximum atomic E-state index is 14.1. The summed E-state index contributed by atoms with van der Waals surface area (Å²) in [6.45, 7) is 3.39. The van der Waals surface area contributed by atoms with Gasteiger partial charge in [0.25, 0.3) is 0 Å². The molecule has 0 radical (unpaired) electrons. The van der Waals surface area contributed by atoms with Gasteiger partial charge in [0.1, 0.15) is 5.69 Å². The second-order valence-electron chi connectivity index (χ2n) is 5.65. The van der Waals surface area contributed by atoms with Crippen molar-refractivity contribution in [1.29, 1.82) is 0 Å². The third kappa shape index (κ3) is 4.39. The fourth-order valence-electron chi connectivity index (χ4n) is 1.97. The van der Waals surface area contributed by atoms with E-state index < -0.39 is 23.7 Å². The third-order valence-corrected chi connectivity index (χ3v) is 3.43. The van der Waals surface area contributed by atoms with Gasteiger partial charge in [-0.05, 0) is 30.2 Å². The largest absolute Gasteiger partial charge is 0.346 e. The van der Waals surface area contributed by atoms with Crippen LogP contribution in [0, 0.1) is 11.7 Å². The lowest BCUT2D eigenvalue weighted by Gasteiger charge is -2.15. The zero-order chi connectivity index (χ0) is 17.7. The molecule has 0 spiro atoms. The molecule has 8 heteroatoms. The Labute approximate surface area is 139 Å². The molecule has 0 aliphatic carbocycles. The predicted octanol–water partition coefficient (Wildman–Crippen LogP) is 1.05. The van der Waals surface area contributed by atoms with Crippen molar-refractivity contribution in [2.75, 3.05) is 11.9 Å². The summed E-state index contributed by atoms with van der Waals surface area (Å²) in [6, 6.07) is 5.25. The van der Waals surface area contributed by atoms with Crippen molar-refractivity contribution in [3.05, 3.63) is 42.5 Å². The van der Waals surface area contributed by atoms with Gasteiger partial charge in [0, 0.05) is 18.1 Å². The van der Waals surface area contributed by atoms with E-state index in [1.165, 1.54) is 16.8 Å². The van der Waals surface area contributed by atoms with E-state index >= 15 is 0 Å². The molecule has 0 aliphatic rings. The number of halogens is 1.